The van der Waals surface area contributed by atoms with Crippen LogP contribution >= 0.6 is 0 Å². The third kappa shape index (κ3) is 4.64. The molecule has 4 heteroatoms. The zero-order valence-electron chi connectivity index (χ0n) is 8.32. The molecule has 0 spiro atoms. The fourth-order valence-corrected chi connectivity index (χ4v) is 1.18. The summed E-state index contributed by atoms with van der Waals surface area (Å²) in [6, 6.07) is 0. The molecule has 0 atom stereocenters. The van der Waals surface area contributed by atoms with Gasteiger partial charge < -0.3 is 10.2 Å². The number of aliphatic carboxylic acids is 2. The minimum absolute atomic E-state index is 0.128. The normalized spacial score (nSPS) is 10.1. The van der Waals surface area contributed by atoms with Crippen LogP contribution in [0.5, 0.6) is 0 Å². The van der Waals surface area contributed by atoms with Crippen LogP contribution in [-0.4, -0.2) is 22.2 Å². The van der Waals surface area contributed by atoms with Crippen LogP contribution in [0, 0.1) is 5.92 Å². The summed E-state index contributed by atoms with van der Waals surface area (Å²) in [6.07, 6.45) is 2.37. The Hall–Kier alpha value is -1.32. The minimum Gasteiger partial charge on any atom is -0.481 e. The van der Waals surface area contributed by atoms with Crippen LogP contribution in [0.15, 0.2) is 12.2 Å². The van der Waals surface area contributed by atoms with Gasteiger partial charge in [0.05, 0.1) is 0 Å². The smallest absolute Gasteiger partial charge is 0.317 e. The van der Waals surface area contributed by atoms with Crippen molar-refractivity contribution in [3.05, 3.63) is 12.2 Å². The van der Waals surface area contributed by atoms with Gasteiger partial charge in [-0.05, 0) is 19.3 Å². The van der Waals surface area contributed by atoms with Crippen molar-refractivity contribution in [2.75, 3.05) is 0 Å². The van der Waals surface area contributed by atoms with E-state index in [1.54, 1.807) is 0 Å². The van der Waals surface area contributed by atoms with Crippen LogP contribution in [0.25, 0.3) is 0 Å². The quantitative estimate of drug-likeness (QED) is 0.486. The Labute approximate surface area is 83.2 Å². The summed E-state index contributed by atoms with van der Waals surface area (Å²) < 4.78 is 0. The summed E-state index contributed by atoms with van der Waals surface area (Å²) in [6.45, 7) is 5.75. The van der Waals surface area contributed by atoms with Gasteiger partial charge in [0.1, 0.15) is 0 Å². The van der Waals surface area contributed by atoms with Crippen molar-refractivity contribution in [2.45, 2.75) is 32.6 Å². The van der Waals surface area contributed by atoms with E-state index >= 15 is 0 Å². The van der Waals surface area contributed by atoms with Crippen LogP contribution in [0.4, 0.5) is 0 Å². The number of hydrogen-bond donors (Lipinski definition) is 2. The molecule has 0 heterocycles. The largest absolute Gasteiger partial charge is 0.481 e. The van der Waals surface area contributed by atoms with E-state index in [1.807, 2.05) is 6.92 Å². The van der Waals surface area contributed by atoms with Crippen LogP contribution < -0.4 is 0 Å². The molecule has 14 heavy (non-hydrogen) atoms. The van der Waals surface area contributed by atoms with Crippen LogP contribution in [0.1, 0.15) is 32.6 Å². The van der Waals surface area contributed by atoms with E-state index in [9.17, 15) is 9.59 Å². The lowest BCUT2D eigenvalue weighted by atomic mass is 9.98. The number of rotatable bonds is 7. The Balaban J connectivity index is 4.01. The van der Waals surface area contributed by atoms with Crippen LogP contribution in [0.3, 0.4) is 0 Å². The molecule has 0 aromatic carbocycles. The monoisotopic (exact) mass is 200 g/mol. The van der Waals surface area contributed by atoms with Gasteiger partial charge in [0.25, 0.3) is 0 Å². The summed E-state index contributed by atoms with van der Waals surface area (Å²) in [7, 11) is 0. The molecule has 4 nitrogen and oxygen atoms in total. The number of carboxylic acid groups (broad SMARTS) is 2. The highest BCUT2D eigenvalue weighted by atomic mass is 16.4. The summed E-state index contributed by atoms with van der Waals surface area (Å²) in [5.74, 6) is -3.85. The molecule has 0 aliphatic heterocycles. The maximum atomic E-state index is 10.5. The number of allylic oxidation sites excluding steroid dienone is 1. The Kier molecular flexibility index (Phi) is 5.60. The summed E-state index contributed by atoms with van der Waals surface area (Å²) in [5.41, 5.74) is 0.917. The third-order valence-corrected chi connectivity index (χ3v) is 1.99. The SMILES string of the molecule is C=C(CCC)CCC(C(=O)O)C(=O)O. The average Bonchev–Trinajstić information content (AvgIpc) is 2.03. The number of hydrogen-bond acceptors (Lipinski definition) is 2. The van der Waals surface area contributed by atoms with Crippen LogP contribution in [0.2, 0.25) is 0 Å². The first-order valence-corrected chi connectivity index (χ1v) is 4.61. The van der Waals surface area contributed by atoms with E-state index in [1.165, 1.54) is 0 Å². The van der Waals surface area contributed by atoms with Gasteiger partial charge in [-0.2, -0.15) is 0 Å². The topological polar surface area (TPSA) is 74.6 Å². The van der Waals surface area contributed by atoms with Crippen LogP contribution in [-0.2, 0) is 9.59 Å². The Morgan fingerprint density at radius 3 is 2.07 bits per heavy atom. The lowest BCUT2D eigenvalue weighted by Gasteiger charge is -2.08. The molecule has 0 aliphatic carbocycles. The predicted molar refractivity (Wildman–Crippen MR) is 52.0 cm³/mol. The molecule has 0 saturated heterocycles. The number of carbonyl (C=O) groups is 2. The minimum atomic E-state index is -1.30. The molecule has 0 unspecified atom stereocenters. The molecular formula is C10H16O4. The molecule has 80 valence electrons. The second-order valence-electron chi connectivity index (χ2n) is 3.27. The van der Waals surface area contributed by atoms with E-state index in [2.05, 4.69) is 6.58 Å². The van der Waals surface area contributed by atoms with Gasteiger partial charge in [-0.3, -0.25) is 9.59 Å². The zero-order valence-corrected chi connectivity index (χ0v) is 8.32. The average molecular weight is 200 g/mol. The predicted octanol–water partition coefficient (Wildman–Crippen LogP) is 1.91. The lowest BCUT2D eigenvalue weighted by Crippen LogP contribution is -2.23. The van der Waals surface area contributed by atoms with Gasteiger partial charge in [-0.1, -0.05) is 25.5 Å². The highest BCUT2D eigenvalue weighted by molar-refractivity contribution is 5.92. The van der Waals surface area contributed by atoms with E-state index in [-0.39, 0.29) is 6.42 Å². The van der Waals surface area contributed by atoms with Gasteiger partial charge >= 0.3 is 11.9 Å². The van der Waals surface area contributed by atoms with Gasteiger partial charge in [0, 0.05) is 0 Å². The van der Waals surface area contributed by atoms with Gasteiger partial charge in [0.2, 0.25) is 0 Å². The fraction of sp³-hybridized carbons (Fsp3) is 0.600. The second kappa shape index (κ2) is 6.18. The Bertz CT molecular complexity index is 218. The molecule has 0 aliphatic rings. The van der Waals surface area contributed by atoms with Crippen molar-refractivity contribution in [3.8, 4) is 0 Å². The Morgan fingerprint density at radius 1 is 1.21 bits per heavy atom. The Morgan fingerprint density at radius 2 is 1.71 bits per heavy atom. The first kappa shape index (κ1) is 12.7. The summed E-state index contributed by atoms with van der Waals surface area (Å²) in [5, 5.41) is 17.2. The van der Waals surface area contributed by atoms with Crippen molar-refractivity contribution in [3.63, 3.8) is 0 Å². The molecule has 0 aromatic rings. The van der Waals surface area contributed by atoms with Crippen molar-refractivity contribution < 1.29 is 19.8 Å². The summed E-state index contributed by atoms with van der Waals surface area (Å²) >= 11 is 0. The van der Waals surface area contributed by atoms with E-state index in [4.69, 9.17) is 10.2 Å². The summed E-state index contributed by atoms with van der Waals surface area (Å²) in [4.78, 5) is 21.0. The lowest BCUT2D eigenvalue weighted by molar-refractivity contribution is -0.154. The van der Waals surface area contributed by atoms with Gasteiger partial charge in [0.15, 0.2) is 5.92 Å². The molecule has 2 N–H and O–H groups in total. The molecule has 0 fully saturated rings. The van der Waals surface area contributed by atoms with Gasteiger partial charge in [-0.25, -0.2) is 0 Å². The molecule has 0 bridgehead atoms. The highest BCUT2D eigenvalue weighted by Crippen LogP contribution is 2.15. The molecular weight excluding hydrogens is 184 g/mol. The second-order valence-corrected chi connectivity index (χ2v) is 3.27. The third-order valence-electron chi connectivity index (χ3n) is 1.99. The van der Waals surface area contributed by atoms with Crippen molar-refractivity contribution in [2.24, 2.45) is 5.92 Å². The molecule has 0 amide bonds. The fourth-order valence-electron chi connectivity index (χ4n) is 1.18. The van der Waals surface area contributed by atoms with E-state index in [0.29, 0.717) is 6.42 Å². The van der Waals surface area contributed by atoms with E-state index in [0.717, 1.165) is 18.4 Å². The van der Waals surface area contributed by atoms with Gasteiger partial charge in [-0.15, -0.1) is 0 Å². The number of carboxylic acids is 2. The molecule has 0 saturated carbocycles. The van der Waals surface area contributed by atoms with Crippen molar-refractivity contribution in [1.29, 1.82) is 0 Å². The highest BCUT2D eigenvalue weighted by Gasteiger charge is 2.24. The van der Waals surface area contributed by atoms with E-state index < -0.39 is 17.9 Å². The molecule has 0 radical (unpaired) electrons. The molecule has 0 aromatic heterocycles. The van der Waals surface area contributed by atoms with Crippen molar-refractivity contribution in [1.82, 2.24) is 0 Å². The zero-order chi connectivity index (χ0) is 11.1. The maximum absolute atomic E-state index is 10.5. The van der Waals surface area contributed by atoms with Crippen molar-refractivity contribution >= 4 is 11.9 Å². The maximum Gasteiger partial charge on any atom is 0.317 e. The standard InChI is InChI=1S/C10H16O4/c1-3-4-7(2)5-6-8(9(11)12)10(13)14/h8H,2-6H2,1H3,(H,11,12)(H,13,14). The first-order valence-electron chi connectivity index (χ1n) is 4.61. The molecule has 0 rings (SSSR count). The first-order chi connectivity index (χ1) is 6.49.